The van der Waals surface area contributed by atoms with E-state index in [9.17, 15) is 13.6 Å². The Morgan fingerprint density at radius 1 is 1.00 bits per heavy atom. The molecular formula is C30H25F2N3O3. The first-order chi connectivity index (χ1) is 18.4. The van der Waals surface area contributed by atoms with Crippen molar-refractivity contribution in [3.63, 3.8) is 0 Å². The number of aromatic nitrogens is 2. The van der Waals surface area contributed by atoms with Crippen molar-refractivity contribution in [2.45, 2.75) is 24.9 Å². The van der Waals surface area contributed by atoms with Gasteiger partial charge < -0.3 is 15.2 Å². The number of pyridine rings is 1. The van der Waals surface area contributed by atoms with Gasteiger partial charge in [0.05, 0.1) is 10.9 Å². The molecule has 6 rings (SSSR count). The largest absolute Gasteiger partial charge is 0.489 e. The first-order valence-corrected chi connectivity index (χ1v) is 12.4. The smallest absolute Gasteiger partial charge is 0.228 e. The third-order valence-electron chi connectivity index (χ3n) is 7.36. The van der Waals surface area contributed by atoms with Gasteiger partial charge in [-0.2, -0.15) is 0 Å². The number of ether oxygens (including phenoxy) is 2. The lowest BCUT2D eigenvalue weighted by molar-refractivity contribution is -0.127. The Bertz CT molecular complexity index is 1660. The maximum absolute atomic E-state index is 14.6. The summed E-state index contributed by atoms with van der Waals surface area (Å²) in [7, 11) is 0. The van der Waals surface area contributed by atoms with Crippen LogP contribution in [-0.4, -0.2) is 28.5 Å². The van der Waals surface area contributed by atoms with Crippen LogP contribution in [0.4, 0.5) is 8.78 Å². The second-order valence-electron chi connectivity index (χ2n) is 9.59. The maximum Gasteiger partial charge on any atom is 0.228 e. The minimum atomic E-state index is -0.981. The van der Waals surface area contributed by atoms with E-state index in [0.29, 0.717) is 37.4 Å². The average molecular weight is 514 g/mol. The molecule has 0 radical (unpaired) electrons. The highest BCUT2D eigenvalue weighted by Crippen LogP contribution is 2.37. The molecule has 1 fully saturated rings. The Kier molecular flexibility index (Phi) is 6.04. The molecule has 1 aliphatic heterocycles. The van der Waals surface area contributed by atoms with Crippen molar-refractivity contribution in [3.8, 4) is 16.9 Å². The molecule has 0 saturated carbocycles. The summed E-state index contributed by atoms with van der Waals surface area (Å²) in [6, 6.07) is 18.6. The highest BCUT2D eigenvalue weighted by atomic mass is 19.1. The lowest BCUT2D eigenvalue weighted by atomic mass is 9.73. The van der Waals surface area contributed by atoms with Crippen LogP contribution in [0.2, 0.25) is 0 Å². The summed E-state index contributed by atoms with van der Waals surface area (Å²) in [5.74, 6) is -0.959. The van der Waals surface area contributed by atoms with Gasteiger partial charge in [-0.1, -0.05) is 24.3 Å². The third kappa shape index (κ3) is 4.26. The van der Waals surface area contributed by atoms with Crippen molar-refractivity contribution in [1.29, 1.82) is 0 Å². The minimum Gasteiger partial charge on any atom is -0.489 e. The summed E-state index contributed by atoms with van der Waals surface area (Å²) in [5.41, 5.74) is 9.65. The number of nitrogens with two attached hydrogens (primary N) is 1. The van der Waals surface area contributed by atoms with Crippen molar-refractivity contribution >= 4 is 22.5 Å². The van der Waals surface area contributed by atoms with Gasteiger partial charge in [-0.3, -0.25) is 9.20 Å². The summed E-state index contributed by atoms with van der Waals surface area (Å²) >= 11 is 0. The standard InChI is InChI=1S/C30H25F2N3O3/c31-22-4-2-20(3-5-22)26-17-28-34-9-10-35(28)27-13-19(1-6-25(26)27)18-38-24-15-21(14-23(32)16-24)30(29(33)36)7-11-37-12-8-30/h1-6,9-10,13-17H,7-8,11-12,18H2,(H2,33,36). The van der Waals surface area contributed by atoms with Crippen molar-refractivity contribution in [2.24, 2.45) is 5.73 Å². The fourth-order valence-corrected chi connectivity index (χ4v) is 5.28. The van der Waals surface area contributed by atoms with Gasteiger partial charge in [-0.15, -0.1) is 0 Å². The zero-order valence-corrected chi connectivity index (χ0v) is 20.5. The van der Waals surface area contributed by atoms with Crippen molar-refractivity contribution in [2.75, 3.05) is 13.2 Å². The van der Waals surface area contributed by atoms with Gasteiger partial charge in [0.25, 0.3) is 0 Å². The summed E-state index contributed by atoms with van der Waals surface area (Å²) in [5, 5.41) is 0.974. The van der Waals surface area contributed by atoms with Gasteiger partial charge in [0.1, 0.15) is 29.6 Å². The molecule has 0 bridgehead atoms. The molecule has 1 amide bonds. The number of imidazole rings is 1. The molecule has 3 aromatic carbocycles. The van der Waals surface area contributed by atoms with Crippen molar-refractivity contribution < 1.29 is 23.0 Å². The van der Waals surface area contributed by atoms with Gasteiger partial charge in [0.2, 0.25) is 5.91 Å². The highest BCUT2D eigenvalue weighted by molar-refractivity contribution is 5.97. The van der Waals surface area contributed by atoms with Gasteiger partial charge in [0.15, 0.2) is 0 Å². The quantitative estimate of drug-likeness (QED) is 0.323. The molecule has 1 saturated heterocycles. The maximum atomic E-state index is 14.6. The van der Waals surface area contributed by atoms with Gasteiger partial charge in [-0.05, 0) is 71.5 Å². The van der Waals surface area contributed by atoms with Crippen LogP contribution in [0.5, 0.6) is 5.75 Å². The summed E-state index contributed by atoms with van der Waals surface area (Å²) < 4.78 is 41.6. The number of fused-ring (bicyclic) bond motifs is 3. The summed E-state index contributed by atoms with van der Waals surface area (Å²) in [6.45, 7) is 0.952. The first-order valence-electron chi connectivity index (χ1n) is 12.4. The van der Waals surface area contributed by atoms with Crippen molar-refractivity contribution in [1.82, 2.24) is 9.38 Å². The molecular weight excluding hydrogens is 488 g/mol. The fourth-order valence-electron chi connectivity index (χ4n) is 5.28. The van der Waals surface area contributed by atoms with E-state index in [0.717, 1.165) is 33.2 Å². The Morgan fingerprint density at radius 2 is 1.79 bits per heavy atom. The van der Waals surface area contributed by atoms with E-state index in [1.54, 1.807) is 24.4 Å². The molecule has 0 unspecified atom stereocenters. The van der Waals surface area contributed by atoms with Crippen LogP contribution in [0.3, 0.4) is 0 Å². The number of rotatable bonds is 6. The zero-order chi connectivity index (χ0) is 26.3. The predicted molar refractivity (Wildman–Crippen MR) is 140 cm³/mol. The third-order valence-corrected chi connectivity index (χ3v) is 7.36. The highest BCUT2D eigenvalue weighted by Gasteiger charge is 2.40. The fraction of sp³-hybridized carbons (Fsp3) is 0.200. The number of hydrogen-bond donors (Lipinski definition) is 1. The molecule has 0 aliphatic carbocycles. The molecule has 2 N–H and O–H groups in total. The van der Waals surface area contributed by atoms with Crippen LogP contribution in [-0.2, 0) is 21.6 Å². The van der Waals surface area contributed by atoms with Crippen LogP contribution in [0, 0.1) is 11.6 Å². The molecule has 0 atom stereocenters. The van der Waals surface area contributed by atoms with Gasteiger partial charge in [-0.25, -0.2) is 13.8 Å². The molecule has 8 heteroatoms. The zero-order valence-electron chi connectivity index (χ0n) is 20.5. The molecule has 5 aromatic rings. The number of halogens is 2. The molecule has 1 aliphatic rings. The molecule has 3 heterocycles. The molecule has 2 aromatic heterocycles. The van der Waals surface area contributed by atoms with Crippen LogP contribution in [0.25, 0.3) is 27.7 Å². The molecule has 6 nitrogen and oxygen atoms in total. The monoisotopic (exact) mass is 513 g/mol. The van der Waals surface area contributed by atoms with Crippen LogP contribution in [0.15, 0.2) is 79.1 Å². The topological polar surface area (TPSA) is 78.9 Å². The SMILES string of the molecule is NC(=O)C1(c2cc(F)cc(OCc3ccc4c(-c5ccc(F)cc5)cc5nccn5c4c3)c2)CCOCC1. The van der Waals surface area contributed by atoms with E-state index in [4.69, 9.17) is 15.2 Å². The summed E-state index contributed by atoms with van der Waals surface area (Å²) in [6.07, 6.45) is 4.40. The van der Waals surface area contributed by atoms with E-state index >= 15 is 0 Å². The molecule has 192 valence electrons. The number of carbonyl (C=O) groups is 1. The number of amides is 1. The predicted octanol–water partition coefficient (Wildman–Crippen LogP) is 5.55. The first kappa shape index (κ1) is 24.1. The number of benzene rings is 3. The normalized spacial score (nSPS) is 15.1. The van der Waals surface area contributed by atoms with E-state index in [1.807, 2.05) is 34.9 Å². The molecule has 0 spiro atoms. The lowest BCUT2D eigenvalue weighted by Gasteiger charge is -2.34. The number of nitrogens with zero attached hydrogens (tertiary/aromatic N) is 2. The number of hydrogen-bond acceptors (Lipinski definition) is 4. The van der Waals surface area contributed by atoms with Crippen LogP contribution < -0.4 is 10.5 Å². The average Bonchev–Trinajstić information content (AvgIpc) is 3.41. The van der Waals surface area contributed by atoms with Crippen LogP contribution in [0.1, 0.15) is 24.0 Å². The molecule has 38 heavy (non-hydrogen) atoms. The van der Waals surface area contributed by atoms with Gasteiger partial charge in [0, 0.05) is 37.1 Å². The lowest BCUT2D eigenvalue weighted by Crippen LogP contribution is -2.45. The van der Waals surface area contributed by atoms with Crippen molar-refractivity contribution in [3.05, 3.63) is 102 Å². The number of carbonyl (C=O) groups excluding carboxylic acids is 1. The van der Waals surface area contributed by atoms with E-state index in [-0.39, 0.29) is 12.4 Å². The van der Waals surface area contributed by atoms with E-state index in [2.05, 4.69) is 4.98 Å². The minimum absolute atomic E-state index is 0.183. The second-order valence-corrected chi connectivity index (χ2v) is 9.59. The van der Waals surface area contributed by atoms with E-state index in [1.165, 1.54) is 24.3 Å². The number of primary amides is 1. The Balaban J connectivity index is 1.34. The van der Waals surface area contributed by atoms with E-state index < -0.39 is 17.1 Å². The Morgan fingerprint density at radius 3 is 2.55 bits per heavy atom. The van der Waals surface area contributed by atoms with Gasteiger partial charge >= 0.3 is 0 Å². The van der Waals surface area contributed by atoms with Crippen LogP contribution >= 0.6 is 0 Å². The second kappa shape index (κ2) is 9.54. The summed E-state index contributed by atoms with van der Waals surface area (Å²) in [4.78, 5) is 16.9. The Hall–Kier alpha value is -4.30. The Labute approximate surface area is 217 Å².